The van der Waals surface area contributed by atoms with E-state index in [9.17, 15) is 13.2 Å². The normalized spacial score (nSPS) is 17.5. The van der Waals surface area contributed by atoms with E-state index in [0.29, 0.717) is 29.5 Å². The summed E-state index contributed by atoms with van der Waals surface area (Å²) in [5.41, 5.74) is 2.65. The molecule has 4 rings (SSSR count). The van der Waals surface area contributed by atoms with Crippen molar-refractivity contribution < 1.29 is 17.9 Å². The van der Waals surface area contributed by atoms with E-state index in [0.717, 1.165) is 17.9 Å². The van der Waals surface area contributed by atoms with E-state index in [2.05, 4.69) is 22.3 Å². The fourth-order valence-electron chi connectivity index (χ4n) is 4.36. The molecule has 1 aliphatic heterocycles. The molecular formula is C23H29N3O4S. The molecule has 2 aromatic rings. The number of para-hydroxylation sites is 1. The third-order valence-electron chi connectivity index (χ3n) is 6.05. The lowest BCUT2D eigenvalue weighted by Gasteiger charge is -2.20. The highest BCUT2D eigenvalue weighted by Crippen LogP contribution is 2.29. The van der Waals surface area contributed by atoms with Crippen LogP contribution in [0.15, 0.2) is 47.4 Å². The molecule has 0 unspecified atom stereocenters. The second kappa shape index (κ2) is 9.28. The van der Waals surface area contributed by atoms with Crippen LogP contribution in [0.5, 0.6) is 0 Å². The van der Waals surface area contributed by atoms with Crippen molar-refractivity contribution in [3.63, 3.8) is 0 Å². The Morgan fingerprint density at radius 3 is 2.74 bits per heavy atom. The largest absolute Gasteiger partial charge is 0.444 e. The number of rotatable bonds is 8. The Morgan fingerprint density at radius 2 is 1.94 bits per heavy atom. The van der Waals surface area contributed by atoms with Gasteiger partial charge in [-0.25, -0.2) is 13.2 Å². The van der Waals surface area contributed by atoms with Crippen molar-refractivity contribution in [2.45, 2.75) is 63.1 Å². The van der Waals surface area contributed by atoms with Crippen LogP contribution in [0.25, 0.3) is 0 Å². The summed E-state index contributed by atoms with van der Waals surface area (Å²) in [5.74, 6) is 0.800. The van der Waals surface area contributed by atoms with E-state index in [4.69, 9.17) is 4.74 Å². The van der Waals surface area contributed by atoms with Crippen LogP contribution in [0.1, 0.15) is 50.2 Å². The molecule has 1 amide bonds. The number of cyclic esters (lactones) is 1. The summed E-state index contributed by atoms with van der Waals surface area (Å²) >= 11 is 0. The van der Waals surface area contributed by atoms with Gasteiger partial charge in [0.2, 0.25) is 0 Å². The van der Waals surface area contributed by atoms with Gasteiger partial charge in [0.1, 0.15) is 6.61 Å². The quantitative estimate of drug-likeness (QED) is 0.554. The van der Waals surface area contributed by atoms with Crippen molar-refractivity contribution in [1.82, 2.24) is 5.32 Å². The number of sulfonamides is 1. The summed E-state index contributed by atoms with van der Waals surface area (Å²) in [4.78, 5) is 11.5. The zero-order valence-electron chi connectivity index (χ0n) is 17.7. The number of carbonyl (C=O) groups is 1. The average molecular weight is 444 g/mol. The summed E-state index contributed by atoms with van der Waals surface area (Å²) in [6, 6.07) is 12.4. The maximum atomic E-state index is 13.0. The Labute approximate surface area is 183 Å². The van der Waals surface area contributed by atoms with Gasteiger partial charge in [0.25, 0.3) is 10.0 Å². The number of hydrogen-bond acceptors (Lipinski definition) is 5. The zero-order chi connectivity index (χ0) is 21.8. The van der Waals surface area contributed by atoms with E-state index in [1.807, 2.05) is 18.2 Å². The van der Waals surface area contributed by atoms with Gasteiger partial charge in [0.05, 0.1) is 16.3 Å². The van der Waals surface area contributed by atoms with Crippen molar-refractivity contribution >= 4 is 27.5 Å². The van der Waals surface area contributed by atoms with Crippen LogP contribution in [0.2, 0.25) is 0 Å². The molecule has 0 saturated heterocycles. The zero-order valence-corrected chi connectivity index (χ0v) is 18.5. The molecule has 2 aliphatic rings. The summed E-state index contributed by atoms with van der Waals surface area (Å²) < 4.78 is 33.7. The lowest BCUT2D eigenvalue weighted by molar-refractivity contribution is 0.151. The summed E-state index contributed by atoms with van der Waals surface area (Å²) in [7, 11) is -3.79. The summed E-state index contributed by atoms with van der Waals surface area (Å²) in [6.07, 6.45) is 5.92. The van der Waals surface area contributed by atoms with Gasteiger partial charge in [-0.15, -0.1) is 0 Å². The van der Waals surface area contributed by atoms with Gasteiger partial charge in [-0.3, -0.25) is 10.0 Å². The van der Waals surface area contributed by atoms with Crippen LogP contribution in [0, 0.1) is 5.92 Å². The van der Waals surface area contributed by atoms with Crippen LogP contribution in [-0.2, 0) is 27.9 Å². The van der Waals surface area contributed by atoms with E-state index < -0.39 is 16.1 Å². The Bertz CT molecular complexity index is 1050. The van der Waals surface area contributed by atoms with Crippen molar-refractivity contribution in [3.05, 3.63) is 53.6 Å². The van der Waals surface area contributed by atoms with Crippen molar-refractivity contribution in [1.29, 1.82) is 0 Å². The van der Waals surface area contributed by atoms with Crippen LogP contribution >= 0.6 is 0 Å². The van der Waals surface area contributed by atoms with E-state index in [1.165, 1.54) is 37.8 Å². The molecule has 166 valence electrons. The standard InChI is InChI=1S/C23H29N3O4S/c1-16(12-17-6-2-3-7-17)24-14-18-8-4-5-9-22(18)26-31(28,29)20-10-11-21-19(13-20)15-30-23(27)25-21/h4-5,8-11,13,16-17,24,26H,2-3,6-7,12,14-15H2,1H3,(H,25,27)/t16-/m0/s1. The van der Waals surface area contributed by atoms with Crippen LogP contribution in [0.4, 0.5) is 16.2 Å². The Balaban J connectivity index is 1.44. The van der Waals surface area contributed by atoms with Gasteiger partial charge < -0.3 is 10.1 Å². The lowest BCUT2D eigenvalue weighted by atomic mass is 9.99. The topological polar surface area (TPSA) is 96.5 Å². The monoisotopic (exact) mass is 443 g/mol. The first-order chi connectivity index (χ1) is 14.9. The fourth-order valence-corrected chi connectivity index (χ4v) is 5.51. The molecule has 0 spiro atoms. The molecule has 2 aromatic carbocycles. The molecule has 1 saturated carbocycles. The highest BCUT2D eigenvalue weighted by Gasteiger charge is 2.22. The first kappa shape index (κ1) is 21.6. The van der Waals surface area contributed by atoms with Gasteiger partial charge in [-0.1, -0.05) is 43.9 Å². The molecule has 1 heterocycles. The Hall–Kier alpha value is -2.58. The number of anilines is 2. The predicted octanol–water partition coefficient (Wildman–Crippen LogP) is 4.61. The smallest absolute Gasteiger partial charge is 0.411 e. The molecule has 31 heavy (non-hydrogen) atoms. The van der Waals surface area contributed by atoms with E-state index >= 15 is 0 Å². The van der Waals surface area contributed by atoms with Crippen LogP contribution in [-0.4, -0.2) is 20.6 Å². The molecule has 0 aromatic heterocycles. The average Bonchev–Trinajstić information content (AvgIpc) is 3.25. The van der Waals surface area contributed by atoms with Gasteiger partial charge in [0, 0.05) is 18.2 Å². The second-order valence-corrected chi connectivity index (χ2v) is 10.1. The molecule has 3 N–H and O–H groups in total. The minimum absolute atomic E-state index is 0.0456. The summed E-state index contributed by atoms with van der Waals surface area (Å²) in [5, 5.41) is 6.11. The first-order valence-corrected chi connectivity index (χ1v) is 12.3. The molecular weight excluding hydrogens is 414 g/mol. The molecule has 1 atom stereocenters. The minimum Gasteiger partial charge on any atom is -0.444 e. The molecule has 1 aliphatic carbocycles. The highest BCUT2D eigenvalue weighted by molar-refractivity contribution is 7.92. The molecule has 0 bridgehead atoms. The number of ether oxygens (including phenoxy) is 1. The molecule has 7 nitrogen and oxygen atoms in total. The lowest BCUT2D eigenvalue weighted by Crippen LogP contribution is -2.28. The third-order valence-corrected chi connectivity index (χ3v) is 7.41. The Kier molecular flexibility index (Phi) is 6.48. The number of carbonyl (C=O) groups excluding carboxylic acids is 1. The van der Waals surface area contributed by atoms with Gasteiger partial charge in [-0.05, 0) is 49.1 Å². The number of hydrogen-bond donors (Lipinski definition) is 3. The first-order valence-electron chi connectivity index (χ1n) is 10.8. The van der Waals surface area contributed by atoms with Gasteiger partial charge in [-0.2, -0.15) is 0 Å². The minimum atomic E-state index is -3.79. The van der Waals surface area contributed by atoms with Gasteiger partial charge in [0.15, 0.2) is 0 Å². The fraction of sp³-hybridized carbons (Fsp3) is 0.435. The van der Waals surface area contributed by atoms with E-state index in [1.54, 1.807) is 12.1 Å². The van der Waals surface area contributed by atoms with Crippen molar-refractivity contribution in [3.8, 4) is 0 Å². The number of amides is 1. The van der Waals surface area contributed by atoms with E-state index in [-0.39, 0.29) is 11.5 Å². The molecule has 1 fully saturated rings. The summed E-state index contributed by atoms with van der Waals surface area (Å²) in [6.45, 7) is 2.83. The number of benzene rings is 2. The van der Waals surface area contributed by atoms with Crippen molar-refractivity contribution in [2.75, 3.05) is 10.0 Å². The van der Waals surface area contributed by atoms with Crippen LogP contribution < -0.4 is 15.4 Å². The second-order valence-electron chi connectivity index (χ2n) is 8.45. The predicted molar refractivity (Wildman–Crippen MR) is 120 cm³/mol. The van der Waals surface area contributed by atoms with Gasteiger partial charge >= 0.3 is 6.09 Å². The SMILES string of the molecule is C[C@@H](CC1CCCC1)NCc1ccccc1NS(=O)(=O)c1ccc2c(c1)COC(=O)N2. The third kappa shape index (κ3) is 5.37. The number of nitrogens with one attached hydrogen (secondary N) is 3. The molecule has 0 radical (unpaired) electrons. The number of fused-ring (bicyclic) bond motifs is 1. The van der Waals surface area contributed by atoms with Crippen molar-refractivity contribution in [2.24, 2.45) is 5.92 Å². The Morgan fingerprint density at radius 1 is 1.16 bits per heavy atom. The maximum absolute atomic E-state index is 13.0. The molecule has 8 heteroatoms. The highest BCUT2D eigenvalue weighted by atomic mass is 32.2. The maximum Gasteiger partial charge on any atom is 0.411 e. The van der Waals surface area contributed by atoms with Crippen LogP contribution in [0.3, 0.4) is 0 Å².